The van der Waals surface area contributed by atoms with E-state index in [4.69, 9.17) is 5.11 Å². The molecule has 18 heavy (non-hydrogen) atoms. The number of carbonyl (C=O) groups is 3. The summed E-state index contributed by atoms with van der Waals surface area (Å²) in [6.45, 7) is -0.270. The van der Waals surface area contributed by atoms with Gasteiger partial charge in [0.2, 0.25) is 5.91 Å². The van der Waals surface area contributed by atoms with Crippen molar-refractivity contribution in [3.05, 3.63) is 22.4 Å². The normalized spacial score (nSPS) is 11.6. The van der Waals surface area contributed by atoms with Gasteiger partial charge in [0.1, 0.15) is 6.04 Å². The summed E-state index contributed by atoms with van der Waals surface area (Å²) in [5.41, 5.74) is 0. The Hall–Kier alpha value is -1.54. The third-order valence-electron chi connectivity index (χ3n) is 1.97. The Morgan fingerprint density at radius 3 is 2.67 bits per heavy atom. The highest BCUT2D eigenvalue weighted by molar-refractivity contribution is 7.80. The van der Waals surface area contributed by atoms with Crippen molar-refractivity contribution in [2.45, 2.75) is 6.04 Å². The quantitative estimate of drug-likeness (QED) is 0.553. The first-order valence-corrected chi connectivity index (χ1v) is 6.50. The Kier molecular flexibility index (Phi) is 5.66. The summed E-state index contributed by atoms with van der Waals surface area (Å²) in [6.07, 6.45) is 0. The minimum absolute atomic E-state index is 0.0139. The summed E-state index contributed by atoms with van der Waals surface area (Å²) in [5.74, 6) is -2.11. The number of carbonyl (C=O) groups excluding carboxylic acids is 2. The second kappa shape index (κ2) is 7.02. The molecular weight excluding hydrogens is 276 g/mol. The fraction of sp³-hybridized carbons (Fsp3) is 0.300. The molecule has 1 heterocycles. The molecule has 1 unspecified atom stereocenters. The summed E-state index contributed by atoms with van der Waals surface area (Å²) in [4.78, 5) is 34.0. The minimum atomic E-state index is -1.16. The second-order valence-corrected chi connectivity index (χ2v) is 4.61. The number of thiophene rings is 1. The Bertz CT molecular complexity index is 433. The minimum Gasteiger partial charge on any atom is -0.480 e. The Labute approximate surface area is 113 Å². The van der Waals surface area contributed by atoms with Crippen molar-refractivity contribution in [1.29, 1.82) is 0 Å². The van der Waals surface area contributed by atoms with Gasteiger partial charge in [0.15, 0.2) is 0 Å². The largest absolute Gasteiger partial charge is 0.480 e. The lowest BCUT2D eigenvalue weighted by atomic mass is 10.3. The molecule has 0 aliphatic rings. The third-order valence-corrected chi connectivity index (χ3v) is 3.20. The van der Waals surface area contributed by atoms with Crippen molar-refractivity contribution in [3.8, 4) is 0 Å². The van der Waals surface area contributed by atoms with Crippen LogP contribution in [0.4, 0.5) is 0 Å². The Balaban J connectivity index is 2.37. The lowest BCUT2D eigenvalue weighted by Crippen LogP contribution is -2.46. The summed E-state index contributed by atoms with van der Waals surface area (Å²) in [6, 6.07) is 2.30. The molecule has 0 aliphatic heterocycles. The number of carboxylic acids is 1. The molecule has 0 saturated heterocycles. The molecule has 0 saturated carbocycles. The van der Waals surface area contributed by atoms with Crippen LogP contribution in [0.1, 0.15) is 9.67 Å². The van der Waals surface area contributed by atoms with Gasteiger partial charge in [-0.25, -0.2) is 4.79 Å². The van der Waals surface area contributed by atoms with Gasteiger partial charge < -0.3 is 15.7 Å². The predicted molar refractivity (Wildman–Crippen MR) is 70.1 cm³/mol. The number of amides is 2. The van der Waals surface area contributed by atoms with Gasteiger partial charge in [0.05, 0.1) is 11.4 Å². The van der Waals surface area contributed by atoms with Crippen LogP contribution in [-0.2, 0) is 9.59 Å². The van der Waals surface area contributed by atoms with Crippen LogP contribution in [0.2, 0.25) is 0 Å². The summed E-state index contributed by atoms with van der Waals surface area (Å²) < 4.78 is 0. The number of thiol groups is 1. The molecule has 98 valence electrons. The summed E-state index contributed by atoms with van der Waals surface area (Å²) in [7, 11) is 0. The van der Waals surface area contributed by atoms with E-state index in [1.54, 1.807) is 17.5 Å². The topological polar surface area (TPSA) is 95.5 Å². The van der Waals surface area contributed by atoms with Crippen molar-refractivity contribution < 1.29 is 19.5 Å². The molecule has 0 fully saturated rings. The van der Waals surface area contributed by atoms with E-state index in [2.05, 4.69) is 23.3 Å². The number of nitrogens with one attached hydrogen (secondary N) is 2. The molecule has 8 heteroatoms. The molecule has 0 aromatic carbocycles. The van der Waals surface area contributed by atoms with E-state index < -0.39 is 17.9 Å². The summed E-state index contributed by atoms with van der Waals surface area (Å²) in [5, 5.41) is 15.1. The highest BCUT2D eigenvalue weighted by Crippen LogP contribution is 2.07. The van der Waals surface area contributed by atoms with Crippen molar-refractivity contribution >= 4 is 41.7 Å². The molecule has 0 bridgehead atoms. The zero-order valence-electron chi connectivity index (χ0n) is 9.25. The molecule has 1 aromatic heterocycles. The molecule has 0 aliphatic carbocycles. The van der Waals surface area contributed by atoms with Gasteiger partial charge in [-0.1, -0.05) is 6.07 Å². The number of carboxylic acid groups (broad SMARTS) is 1. The van der Waals surface area contributed by atoms with Gasteiger partial charge in [-0.05, 0) is 11.4 Å². The van der Waals surface area contributed by atoms with Crippen LogP contribution >= 0.6 is 24.0 Å². The van der Waals surface area contributed by atoms with Gasteiger partial charge >= 0.3 is 5.97 Å². The lowest BCUT2D eigenvalue weighted by Gasteiger charge is -2.11. The van der Waals surface area contributed by atoms with E-state index in [1.807, 2.05) is 0 Å². The van der Waals surface area contributed by atoms with Gasteiger partial charge in [0, 0.05) is 5.75 Å². The van der Waals surface area contributed by atoms with Crippen molar-refractivity contribution in [2.24, 2.45) is 0 Å². The number of rotatable bonds is 6. The van der Waals surface area contributed by atoms with Crippen LogP contribution < -0.4 is 10.6 Å². The van der Waals surface area contributed by atoms with Crippen LogP contribution in [0.5, 0.6) is 0 Å². The fourth-order valence-electron chi connectivity index (χ4n) is 1.09. The molecule has 1 rings (SSSR count). The zero-order valence-corrected chi connectivity index (χ0v) is 11.0. The Morgan fingerprint density at radius 2 is 2.17 bits per heavy atom. The average Bonchev–Trinajstić information content (AvgIpc) is 2.86. The van der Waals surface area contributed by atoms with Crippen molar-refractivity contribution in [3.63, 3.8) is 0 Å². The number of hydrogen-bond donors (Lipinski definition) is 4. The standard InChI is InChI=1S/C10H12N2O4S2/c13-8(12-6(5-17)10(15)16)4-11-9(14)7-2-1-3-18-7/h1-3,6,17H,4-5H2,(H,11,14)(H,12,13)(H,15,16). The second-order valence-electron chi connectivity index (χ2n) is 3.30. The SMILES string of the molecule is O=C(CNC(=O)c1cccs1)NC(CS)C(=O)O. The maximum absolute atomic E-state index is 11.5. The van der Waals surface area contributed by atoms with Gasteiger partial charge in [0.25, 0.3) is 5.91 Å². The first-order chi connectivity index (χ1) is 8.54. The van der Waals surface area contributed by atoms with Crippen LogP contribution in [-0.4, -0.2) is 41.2 Å². The molecule has 3 N–H and O–H groups in total. The lowest BCUT2D eigenvalue weighted by molar-refractivity contribution is -0.140. The number of aliphatic carboxylic acids is 1. The molecule has 1 atom stereocenters. The number of hydrogen-bond acceptors (Lipinski definition) is 5. The van der Waals surface area contributed by atoms with E-state index >= 15 is 0 Å². The fourth-order valence-corrected chi connectivity index (χ4v) is 1.97. The average molecular weight is 288 g/mol. The molecule has 0 radical (unpaired) electrons. The highest BCUT2D eigenvalue weighted by atomic mass is 32.1. The van der Waals surface area contributed by atoms with Gasteiger partial charge in [-0.2, -0.15) is 12.6 Å². The molecular formula is C10H12N2O4S2. The smallest absolute Gasteiger partial charge is 0.327 e. The van der Waals surface area contributed by atoms with Crippen LogP contribution in [0.15, 0.2) is 17.5 Å². The predicted octanol–water partition coefficient (Wildman–Crippen LogP) is -0.0229. The van der Waals surface area contributed by atoms with Crippen molar-refractivity contribution in [1.82, 2.24) is 10.6 Å². The van der Waals surface area contributed by atoms with Crippen molar-refractivity contribution in [2.75, 3.05) is 12.3 Å². The zero-order chi connectivity index (χ0) is 13.5. The monoisotopic (exact) mass is 288 g/mol. The van der Waals surface area contributed by atoms with E-state index in [0.29, 0.717) is 4.88 Å². The molecule has 2 amide bonds. The Morgan fingerprint density at radius 1 is 1.44 bits per heavy atom. The van der Waals surface area contributed by atoms with E-state index in [9.17, 15) is 14.4 Å². The molecule has 1 aromatic rings. The van der Waals surface area contributed by atoms with E-state index in [0.717, 1.165) is 0 Å². The van der Waals surface area contributed by atoms with E-state index in [1.165, 1.54) is 11.3 Å². The first kappa shape index (κ1) is 14.5. The van der Waals surface area contributed by atoms with Crippen LogP contribution in [0.3, 0.4) is 0 Å². The first-order valence-electron chi connectivity index (χ1n) is 4.99. The van der Waals surface area contributed by atoms with Crippen LogP contribution in [0, 0.1) is 0 Å². The highest BCUT2D eigenvalue weighted by Gasteiger charge is 2.18. The van der Waals surface area contributed by atoms with Gasteiger partial charge in [-0.15, -0.1) is 11.3 Å². The van der Waals surface area contributed by atoms with Gasteiger partial charge in [-0.3, -0.25) is 9.59 Å². The maximum atomic E-state index is 11.5. The van der Waals surface area contributed by atoms with E-state index in [-0.39, 0.29) is 18.2 Å². The third kappa shape index (κ3) is 4.38. The maximum Gasteiger partial charge on any atom is 0.327 e. The molecule has 6 nitrogen and oxygen atoms in total. The van der Waals surface area contributed by atoms with Crippen LogP contribution in [0.25, 0.3) is 0 Å². The summed E-state index contributed by atoms with van der Waals surface area (Å²) >= 11 is 5.06. The molecule has 0 spiro atoms.